The number of ether oxygens (including phenoxy) is 2. The maximum atomic E-state index is 5.87. The summed E-state index contributed by atoms with van der Waals surface area (Å²) >= 11 is 0. The van der Waals surface area contributed by atoms with Gasteiger partial charge in [0.1, 0.15) is 0 Å². The van der Waals surface area contributed by atoms with E-state index in [1.807, 2.05) is 0 Å². The second kappa shape index (κ2) is 8.31. The lowest BCUT2D eigenvalue weighted by Gasteiger charge is -2.19. The Kier molecular flexibility index (Phi) is 6.34. The lowest BCUT2D eigenvalue weighted by molar-refractivity contribution is 0.0829. The van der Waals surface area contributed by atoms with Crippen LogP contribution in [0, 0.1) is 5.92 Å². The van der Waals surface area contributed by atoms with Crippen molar-refractivity contribution in [2.45, 2.75) is 25.4 Å². The van der Waals surface area contributed by atoms with Gasteiger partial charge in [-0.3, -0.25) is 0 Å². The Morgan fingerprint density at radius 2 is 2.16 bits per heavy atom. The van der Waals surface area contributed by atoms with E-state index in [-0.39, 0.29) is 0 Å². The molecule has 3 heteroatoms. The molecular weight excluding hydrogens is 238 g/mol. The van der Waals surface area contributed by atoms with Gasteiger partial charge in [-0.2, -0.15) is 0 Å². The molecule has 2 rings (SSSR count). The van der Waals surface area contributed by atoms with Crippen LogP contribution < -0.4 is 5.32 Å². The van der Waals surface area contributed by atoms with Crippen LogP contribution in [0.1, 0.15) is 18.4 Å². The Bertz CT molecular complexity index is 342. The molecule has 1 aliphatic heterocycles. The molecule has 1 N–H and O–H groups in total. The third-order valence-corrected chi connectivity index (χ3v) is 3.80. The van der Waals surface area contributed by atoms with Gasteiger partial charge in [-0.25, -0.2) is 0 Å². The Labute approximate surface area is 116 Å². The summed E-state index contributed by atoms with van der Waals surface area (Å²) in [7, 11) is 1.74. The molecule has 106 valence electrons. The smallest absolute Gasteiger partial charge is 0.0619 e. The van der Waals surface area contributed by atoms with Crippen molar-refractivity contribution in [3.63, 3.8) is 0 Å². The summed E-state index contributed by atoms with van der Waals surface area (Å²) in [4.78, 5) is 0. The number of nitrogens with one attached hydrogen (secondary N) is 1. The van der Waals surface area contributed by atoms with Crippen molar-refractivity contribution in [3.05, 3.63) is 35.9 Å². The van der Waals surface area contributed by atoms with Gasteiger partial charge < -0.3 is 14.8 Å². The third kappa shape index (κ3) is 4.94. The van der Waals surface area contributed by atoms with E-state index in [2.05, 4.69) is 35.6 Å². The van der Waals surface area contributed by atoms with Crippen molar-refractivity contribution in [2.75, 3.05) is 33.4 Å². The normalized spacial score (nSPS) is 22.8. The molecule has 0 bridgehead atoms. The lowest BCUT2D eigenvalue weighted by Crippen LogP contribution is -2.30. The van der Waals surface area contributed by atoms with Crippen LogP contribution in [0.4, 0.5) is 0 Å². The van der Waals surface area contributed by atoms with E-state index in [1.54, 1.807) is 7.11 Å². The molecule has 1 fully saturated rings. The second-order valence-corrected chi connectivity index (χ2v) is 5.18. The SMILES string of the molecule is COCCNCC1CCOC1CCc1ccccc1. The molecule has 0 saturated carbocycles. The summed E-state index contributed by atoms with van der Waals surface area (Å²) in [5.41, 5.74) is 1.41. The first-order chi connectivity index (χ1) is 9.40. The summed E-state index contributed by atoms with van der Waals surface area (Å²) in [5.74, 6) is 0.653. The van der Waals surface area contributed by atoms with Gasteiger partial charge in [0.2, 0.25) is 0 Å². The van der Waals surface area contributed by atoms with Crippen LogP contribution in [0.2, 0.25) is 0 Å². The van der Waals surface area contributed by atoms with Crippen LogP contribution in [0.3, 0.4) is 0 Å². The number of aryl methyl sites for hydroxylation is 1. The summed E-state index contributed by atoms with van der Waals surface area (Å²) in [6.07, 6.45) is 3.83. The van der Waals surface area contributed by atoms with E-state index in [4.69, 9.17) is 9.47 Å². The first-order valence-electron chi connectivity index (χ1n) is 7.25. The minimum atomic E-state index is 0.412. The van der Waals surface area contributed by atoms with E-state index in [1.165, 1.54) is 12.0 Å². The summed E-state index contributed by atoms with van der Waals surface area (Å²) in [6.45, 7) is 3.67. The Hall–Kier alpha value is -0.900. The van der Waals surface area contributed by atoms with Crippen molar-refractivity contribution in [2.24, 2.45) is 5.92 Å². The summed E-state index contributed by atoms with van der Waals surface area (Å²) < 4.78 is 10.9. The average molecular weight is 263 g/mol. The van der Waals surface area contributed by atoms with E-state index < -0.39 is 0 Å². The zero-order valence-corrected chi connectivity index (χ0v) is 11.8. The van der Waals surface area contributed by atoms with Crippen LogP contribution in [0.15, 0.2) is 30.3 Å². The molecule has 1 saturated heterocycles. The van der Waals surface area contributed by atoms with Crippen LogP contribution in [-0.4, -0.2) is 39.5 Å². The molecule has 1 aromatic rings. The Morgan fingerprint density at radius 1 is 1.32 bits per heavy atom. The first-order valence-corrected chi connectivity index (χ1v) is 7.25. The van der Waals surface area contributed by atoms with E-state index in [0.717, 1.165) is 39.1 Å². The number of hydrogen-bond donors (Lipinski definition) is 1. The van der Waals surface area contributed by atoms with Gasteiger partial charge in [0.25, 0.3) is 0 Å². The van der Waals surface area contributed by atoms with Gasteiger partial charge in [-0.15, -0.1) is 0 Å². The van der Waals surface area contributed by atoms with E-state index in [9.17, 15) is 0 Å². The van der Waals surface area contributed by atoms with Gasteiger partial charge in [-0.1, -0.05) is 30.3 Å². The van der Waals surface area contributed by atoms with Crippen molar-refractivity contribution in [1.29, 1.82) is 0 Å². The maximum absolute atomic E-state index is 5.87. The number of benzene rings is 1. The monoisotopic (exact) mass is 263 g/mol. The lowest BCUT2D eigenvalue weighted by atomic mass is 9.96. The fraction of sp³-hybridized carbons (Fsp3) is 0.625. The molecule has 1 aromatic carbocycles. The second-order valence-electron chi connectivity index (χ2n) is 5.18. The van der Waals surface area contributed by atoms with Crippen LogP contribution >= 0.6 is 0 Å². The molecule has 1 aliphatic rings. The maximum Gasteiger partial charge on any atom is 0.0619 e. The van der Waals surface area contributed by atoms with Gasteiger partial charge in [0.05, 0.1) is 12.7 Å². The predicted molar refractivity (Wildman–Crippen MR) is 77.4 cm³/mol. The van der Waals surface area contributed by atoms with Crippen molar-refractivity contribution in [3.8, 4) is 0 Å². The van der Waals surface area contributed by atoms with Crippen molar-refractivity contribution < 1.29 is 9.47 Å². The number of methoxy groups -OCH3 is 1. The van der Waals surface area contributed by atoms with Gasteiger partial charge in [0.15, 0.2) is 0 Å². The van der Waals surface area contributed by atoms with Crippen LogP contribution in [0.25, 0.3) is 0 Å². The first kappa shape index (κ1) is 14.5. The van der Waals surface area contributed by atoms with Crippen LogP contribution in [-0.2, 0) is 15.9 Å². The molecule has 1 heterocycles. The fourth-order valence-corrected chi connectivity index (χ4v) is 2.66. The van der Waals surface area contributed by atoms with Gasteiger partial charge in [-0.05, 0) is 30.7 Å². The minimum absolute atomic E-state index is 0.412. The fourth-order valence-electron chi connectivity index (χ4n) is 2.66. The van der Waals surface area contributed by atoms with E-state index in [0.29, 0.717) is 12.0 Å². The van der Waals surface area contributed by atoms with Crippen LogP contribution in [0.5, 0.6) is 0 Å². The predicted octanol–water partition coefficient (Wildman–Crippen LogP) is 2.26. The molecule has 0 radical (unpaired) electrons. The number of rotatable bonds is 8. The quantitative estimate of drug-likeness (QED) is 0.730. The molecule has 2 unspecified atom stereocenters. The number of hydrogen-bond acceptors (Lipinski definition) is 3. The zero-order valence-electron chi connectivity index (χ0n) is 11.8. The molecule has 0 spiro atoms. The van der Waals surface area contributed by atoms with Crippen molar-refractivity contribution >= 4 is 0 Å². The molecule has 2 atom stereocenters. The molecule has 3 nitrogen and oxygen atoms in total. The highest BCUT2D eigenvalue weighted by Crippen LogP contribution is 2.24. The summed E-state index contributed by atoms with van der Waals surface area (Å²) in [6, 6.07) is 10.7. The standard InChI is InChI=1S/C16H25NO2/c1-18-12-10-17-13-15-9-11-19-16(15)8-7-14-5-3-2-4-6-14/h2-6,15-17H,7-13H2,1H3. The molecule has 0 amide bonds. The molecule has 0 aliphatic carbocycles. The molecule has 19 heavy (non-hydrogen) atoms. The minimum Gasteiger partial charge on any atom is -0.383 e. The van der Waals surface area contributed by atoms with E-state index >= 15 is 0 Å². The zero-order chi connectivity index (χ0) is 13.3. The Morgan fingerprint density at radius 3 is 2.95 bits per heavy atom. The van der Waals surface area contributed by atoms with Gasteiger partial charge >= 0.3 is 0 Å². The average Bonchev–Trinajstić information content (AvgIpc) is 2.90. The summed E-state index contributed by atoms with van der Waals surface area (Å²) in [5, 5.41) is 3.45. The molecular formula is C16H25NO2. The highest BCUT2D eigenvalue weighted by molar-refractivity contribution is 5.14. The highest BCUT2D eigenvalue weighted by Gasteiger charge is 2.27. The Balaban J connectivity index is 1.70. The van der Waals surface area contributed by atoms with Gasteiger partial charge in [0, 0.05) is 26.8 Å². The third-order valence-electron chi connectivity index (χ3n) is 3.80. The molecule has 0 aromatic heterocycles. The largest absolute Gasteiger partial charge is 0.383 e. The highest BCUT2D eigenvalue weighted by atomic mass is 16.5. The van der Waals surface area contributed by atoms with Crippen molar-refractivity contribution in [1.82, 2.24) is 5.32 Å². The topological polar surface area (TPSA) is 30.5 Å².